The van der Waals surface area contributed by atoms with Gasteiger partial charge in [-0.3, -0.25) is 4.79 Å². The lowest BCUT2D eigenvalue weighted by molar-refractivity contribution is -0.137. The summed E-state index contributed by atoms with van der Waals surface area (Å²) in [5.74, 6) is -1.53. The highest BCUT2D eigenvalue weighted by atomic mass is 35.5. The second-order valence-corrected chi connectivity index (χ2v) is 11.2. The molecule has 2 aromatic rings. The molecule has 0 N–H and O–H groups in total. The molecule has 5 nitrogen and oxygen atoms in total. The number of amidine groups is 1. The zero-order valence-electron chi connectivity index (χ0n) is 16.1. The number of hydrogen-bond donors (Lipinski definition) is 0. The molecule has 2 aliphatic rings. The highest BCUT2D eigenvalue weighted by Crippen LogP contribution is 2.44. The molecule has 1 amide bonds. The summed E-state index contributed by atoms with van der Waals surface area (Å²) in [7, 11) is -3.41. The molecule has 0 spiro atoms. The molecule has 0 bridgehead atoms. The molecule has 2 aliphatic heterocycles. The summed E-state index contributed by atoms with van der Waals surface area (Å²) in [6.45, 7) is 0. The first-order valence-electron chi connectivity index (χ1n) is 9.32. The largest absolute Gasteiger partial charge is 0.416 e. The lowest BCUT2D eigenvalue weighted by atomic mass is 10.1. The van der Waals surface area contributed by atoms with Crippen molar-refractivity contribution >= 4 is 50.0 Å². The highest BCUT2D eigenvalue weighted by molar-refractivity contribution is 8.16. The van der Waals surface area contributed by atoms with Crippen LogP contribution in [-0.4, -0.2) is 42.3 Å². The smallest absolute Gasteiger partial charge is 0.314 e. The number of anilines is 1. The van der Waals surface area contributed by atoms with E-state index in [0.717, 1.165) is 30.0 Å². The molecular formula is C20H15ClF4N2O3S2. The van der Waals surface area contributed by atoms with Gasteiger partial charge in [-0.15, -0.1) is 0 Å². The molecule has 2 atom stereocenters. The number of sulfone groups is 1. The van der Waals surface area contributed by atoms with E-state index < -0.39 is 44.6 Å². The van der Waals surface area contributed by atoms with E-state index in [1.54, 1.807) is 0 Å². The Bertz CT molecular complexity index is 1200. The van der Waals surface area contributed by atoms with Crippen molar-refractivity contribution in [2.75, 3.05) is 16.4 Å². The van der Waals surface area contributed by atoms with Gasteiger partial charge in [0, 0.05) is 5.25 Å². The van der Waals surface area contributed by atoms with Gasteiger partial charge in [-0.25, -0.2) is 12.8 Å². The van der Waals surface area contributed by atoms with Gasteiger partial charge in [0.05, 0.1) is 40.2 Å². The van der Waals surface area contributed by atoms with Crippen LogP contribution in [0.25, 0.3) is 0 Å². The van der Waals surface area contributed by atoms with E-state index in [0.29, 0.717) is 5.56 Å². The van der Waals surface area contributed by atoms with E-state index in [1.807, 2.05) is 0 Å². The molecule has 2 unspecified atom stereocenters. The van der Waals surface area contributed by atoms with Gasteiger partial charge in [0.25, 0.3) is 5.91 Å². The number of carbonyl (C=O) groups is 1. The number of hydrogen-bond acceptors (Lipinski definition) is 4. The third-order valence-corrected chi connectivity index (χ3v) is 8.62. The summed E-state index contributed by atoms with van der Waals surface area (Å²) >= 11 is 7.22. The molecule has 2 aromatic carbocycles. The van der Waals surface area contributed by atoms with Crippen molar-refractivity contribution in [1.29, 1.82) is 0 Å². The summed E-state index contributed by atoms with van der Waals surface area (Å²) in [5, 5.41) is -0.437. The van der Waals surface area contributed by atoms with Crippen molar-refractivity contribution in [3.63, 3.8) is 0 Å². The predicted octanol–water partition coefficient (Wildman–Crippen LogP) is 4.34. The minimum Gasteiger partial charge on any atom is -0.314 e. The molecule has 2 heterocycles. The number of carbonyl (C=O) groups excluding carboxylic acids is 1. The number of alkyl halides is 3. The Morgan fingerprint density at radius 3 is 2.50 bits per heavy atom. The first-order valence-corrected chi connectivity index (χ1v) is 12.4. The number of benzene rings is 2. The molecule has 4 rings (SSSR count). The van der Waals surface area contributed by atoms with Crippen molar-refractivity contribution in [1.82, 2.24) is 0 Å². The van der Waals surface area contributed by atoms with Gasteiger partial charge in [-0.2, -0.15) is 18.2 Å². The van der Waals surface area contributed by atoms with Crippen molar-refractivity contribution < 1.29 is 30.8 Å². The maximum atomic E-state index is 13.3. The second-order valence-electron chi connectivity index (χ2n) is 7.43. The molecule has 2 fully saturated rings. The van der Waals surface area contributed by atoms with Crippen LogP contribution in [0.3, 0.4) is 0 Å². The first-order chi connectivity index (χ1) is 14.9. The molecule has 0 aliphatic carbocycles. The monoisotopic (exact) mass is 506 g/mol. The summed E-state index contributed by atoms with van der Waals surface area (Å²) < 4.78 is 77.2. The second kappa shape index (κ2) is 8.35. The van der Waals surface area contributed by atoms with Gasteiger partial charge in [-0.1, -0.05) is 35.5 Å². The molecular weight excluding hydrogens is 492 g/mol. The van der Waals surface area contributed by atoms with Crippen LogP contribution in [0.1, 0.15) is 11.1 Å². The van der Waals surface area contributed by atoms with Gasteiger partial charge in [-0.05, 0) is 35.9 Å². The topological polar surface area (TPSA) is 66.8 Å². The van der Waals surface area contributed by atoms with E-state index in [4.69, 9.17) is 11.6 Å². The molecule has 2 saturated heterocycles. The average Bonchev–Trinajstić information content (AvgIpc) is 3.14. The van der Waals surface area contributed by atoms with Crippen LogP contribution in [0.15, 0.2) is 47.5 Å². The van der Waals surface area contributed by atoms with Gasteiger partial charge in [0.15, 0.2) is 15.0 Å². The standard InChI is InChI=1S/C20H15ClF4N2O3S2/c21-14-6-3-12(20(23,24)25)8-15(14)27-16-9-32(29,30)10-17(16)31-19(27)26-18(28)7-11-1-4-13(22)5-2-11/h1-6,8,16-17H,7,9-10H2. The zero-order chi connectivity index (χ0) is 23.3. The Morgan fingerprint density at radius 1 is 1.16 bits per heavy atom. The molecule has 0 radical (unpaired) electrons. The quantitative estimate of drug-likeness (QED) is 0.579. The fourth-order valence-electron chi connectivity index (χ4n) is 3.64. The fraction of sp³-hybridized carbons (Fsp3) is 0.300. The Kier molecular flexibility index (Phi) is 6.01. The van der Waals surface area contributed by atoms with Crippen molar-refractivity contribution in [3.05, 3.63) is 64.4 Å². The van der Waals surface area contributed by atoms with Crippen LogP contribution in [0.5, 0.6) is 0 Å². The molecule has 170 valence electrons. The molecule has 32 heavy (non-hydrogen) atoms. The number of thioether (sulfide) groups is 1. The van der Waals surface area contributed by atoms with Crippen molar-refractivity contribution in [3.8, 4) is 0 Å². The zero-order valence-corrected chi connectivity index (χ0v) is 18.5. The van der Waals surface area contributed by atoms with Crippen LogP contribution >= 0.6 is 23.4 Å². The first kappa shape index (κ1) is 23.1. The van der Waals surface area contributed by atoms with Crippen LogP contribution < -0.4 is 4.90 Å². The predicted molar refractivity (Wildman–Crippen MR) is 115 cm³/mol. The highest BCUT2D eigenvalue weighted by Gasteiger charge is 2.50. The average molecular weight is 507 g/mol. The maximum Gasteiger partial charge on any atom is 0.416 e. The van der Waals surface area contributed by atoms with Crippen molar-refractivity contribution in [2.24, 2.45) is 4.99 Å². The number of nitrogens with zero attached hydrogens (tertiary/aromatic N) is 2. The Morgan fingerprint density at radius 2 is 1.84 bits per heavy atom. The van der Waals surface area contributed by atoms with Crippen LogP contribution in [0, 0.1) is 5.82 Å². The summed E-state index contributed by atoms with van der Waals surface area (Å²) in [4.78, 5) is 17.9. The van der Waals surface area contributed by atoms with Crippen LogP contribution in [0.4, 0.5) is 23.2 Å². The Balaban J connectivity index is 1.71. The summed E-state index contributed by atoms with van der Waals surface area (Å²) in [6.07, 6.45) is -4.79. The Labute approximate surface area is 190 Å². The van der Waals surface area contributed by atoms with Crippen molar-refractivity contribution in [2.45, 2.75) is 23.9 Å². The molecule has 12 heteroatoms. The van der Waals surface area contributed by atoms with Crippen LogP contribution in [0.2, 0.25) is 5.02 Å². The SMILES string of the molecule is O=C(Cc1ccc(F)cc1)N=C1SC2CS(=O)(=O)CC2N1c1cc(C(F)(F)F)ccc1Cl. The van der Waals surface area contributed by atoms with E-state index in [2.05, 4.69) is 4.99 Å². The van der Waals surface area contributed by atoms with Gasteiger partial charge < -0.3 is 4.90 Å². The normalized spacial score (nSPS) is 23.5. The minimum absolute atomic E-state index is 0.0257. The van der Waals surface area contributed by atoms with E-state index >= 15 is 0 Å². The van der Waals surface area contributed by atoms with Gasteiger partial charge in [0.1, 0.15) is 5.82 Å². The molecule has 0 saturated carbocycles. The van der Waals surface area contributed by atoms with Gasteiger partial charge in [0.2, 0.25) is 0 Å². The number of fused-ring (bicyclic) bond motifs is 1. The molecule has 0 aromatic heterocycles. The fourth-order valence-corrected chi connectivity index (χ4v) is 7.78. The summed E-state index contributed by atoms with van der Waals surface area (Å²) in [5.41, 5.74) is -0.509. The lowest BCUT2D eigenvalue weighted by Gasteiger charge is -2.26. The maximum absolute atomic E-state index is 13.3. The summed E-state index contributed by atoms with van der Waals surface area (Å²) in [6, 6.07) is 7.29. The van der Waals surface area contributed by atoms with Gasteiger partial charge >= 0.3 is 6.18 Å². The Hall–Kier alpha value is -2.11. The number of aliphatic imine (C=N–C) groups is 1. The number of halogens is 5. The third-order valence-electron chi connectivity index (χ3n) is 5.09. The van der Waals surface area contributed by atoms with E-state index in [1.165, 1.54) is 29.2 Å². The minimum atomic E-state index is -4.64. The lowest BCUT2D eigenvalue weighted by Crippen LogP contribution is -2.38. The number of amides is 1. The third kappa shape index (κ3) is 4.79. The number of rotatable bonds is 3. The van der Waals surface area contributed by atoms with Crippen LogP contribution in [-0.2, 0) is 27.2 Å². The van der Waals surface area contributed by atoms with E-state index in [9.17, 15) is 30.8 Å². The van der Waals surface area contributed by atoms with E-state index in [-0.39, 0.29) is 33.8 Å².